The molecule has 138 valence electrons. The van der Waals surface area contributed by atoms with Crippen molar-refractivity contribution in [1.82, 2.24) is 25.6 Å². The number of ether oxygens (including phenoxy) is 1. The number of benzene rings is 2. The average molecular weight is 388 g/mol. The van der Waals surface area contributed by atoms with Crippen LogP contribution in [0.4, 0.5) is 11.5 Å². The Hall–Kier alpha value is -3.52. The molecule has 0 bridgehead atoms. The van der Waals surface area contributed by atoms with Gasteiger partial charge in [0.1, 0.15) is 11.6 Å². The predicted octanol–water partition coefficient (Wildman–Crippen LogP) is 4.69. The molecule has 0 radical (unpaired) electrons. The molecule has 0 aliphatic carbocycles. The Bertz CT molecular complexity index is 1300. The fraction of sp³-hybridized carbons (Fsp3) is 0.100. The van der Waals surface area contributed by atoms with E-state index in [0.717, 1.165) is 44.7 Å². The molecule has 8 heteroatoms. The zero-order chi connectivity index (χ0) is 19.1. The van der Waals surface area contributed by atoms with Gasteiger partial charge in [0.05, 0.1) is 12.6 Å². The van der Waals surface area contributed by atoms with Crippen LogP contribution in [0.1, 0.15) is 5.56 Å². The number of hydrogen-bond acceptors (Lipinski definition) is 7. The van der Waals surface area contributed by atoms with Crippen molar-refractivity contribution in [2.75, 3.05) is 12.4 Å². The van der Waals surface area contributed by atoms with Crippen molar-refractivity contribution >= 4 is 43.8 Å². The smallest absolute Gasteiger partial charge is 0.179 e. The zero-order valence-electron chi connectivity index (χ0n) is 15.2. The first-order valence-corrected chi connectivity index (χ1v) is 9.57. The molecule has 0 spiro atoms. The maximum atomic E-state index is 5.44. The summed E-state index contributed by atoms with van der Waals surface area (Å²) in [4.78, 5) is 4.89. The van der Waals surface area contributed by atoms with E-state index in [1.807, 2.05) is 37.3 Å². The highest BCUT2D eigenvalue weighted by molar-refractivity contribution is 7.18. The van der Waals surface area contributed by atoms with Gasteiger partial charge in [0, 0.05) is 32.8 Å². The molecule has 0 amide bonds. The van der Waals surface area contributed by atoms with Crippen LogP contribution >= 0.6 is 11.3 Å². The molecule has 3 heterocycles. The Balaban J connectivity index is 1.65. The van der Waals surface area contributed by atoms with Gasteiger partial charge in [-0.2, -0.15) is 0 Å². The molecule has 0 aliphatic heterocycles. The molecule has 0 aliphatic rings. The van der Waals surface area contributed by atoms with Gasteiger partial charge in [-0.1, -0.05) is 18.2 Å². The Kier molecular flexibility index (Phi) is 3.91. The Morgan fingerprint density at radius 1 is 1.07 bits per heavy atom. The lowest BCUT2D eigenvalue weighted by atomic mass is 10.1. The van der Waals surface area contributed by atoms with Crippen LogP contribution in [0.25, 0.3) is 32.4 Å². The van der Waals surface area contributed by atoms with Gasteiger partial charge in [-0.15, -0.1) is 16.4 Å². The van der Waals surface area contributed by atoms with E-state index in [-0.39, 0.29) is 0 Å². The van der Waals surface area contributed by atoms with Gasteiger partial charge in [0.15, 0.2) is 5.82 Å². The molecule has 0 saturated carbocycles. The van der Waals surface area contributed by atoms with Crippen molar-refractivity contribution in [3.8, 4) is 17.1 Å². The van der Waals surface area contributed by atoms with Crippen molar-refractivity contribution in [3.63, 3.8) is 0 Å². The van der Waals surface area contributed by atoms with Gasteiger partial charge < -0.3 is 10.1 Å². The van der Waals surface area contributed by atoms with Crippen molar-refractivity contribution in [2.45, 2.75) is 6.92 Å². The maximum Gasteiger partial charge on any atom is 0.179 e. The van der Waals surface area contributed by atoms with Crippen LogP contribution in [0, 0.1) is 6.92 Å². The molecule has 0 saturated heterocycles. The van der Waals surface area contributed by atoms with E-state index < -0.39 is 0 Å². The number of tetrazole rings is 1. The molecular weight excluding hydrogens is 372 g/mol. The SMILES string of the molecule is COc1cc(Nc2nc3cc(-c4nnn[nH]4)ccc3c3sccc23)ccc1C. The fourth-order valence-electron chi connectivity index (χ4n) is 3.26. The summed E-state index contributed by atoms with van der Waals surface area (Å²) >= 11 is 1.70. The maximum absolute atomic E-state index is 5.44. The van der Waals surface area contributed by atoms with Crippen molar-refractivity contribution in [1.29, 1.82) is 0 Å². The molecular formula is C20H16N6OS. The van der Waals surface area contributed by atoms with Gasteiger partial charge in [-0.3, -0.25) is 0 Å². The molecule has 2 aromatic carbocycles. The monoisotopic (exact) mass is 388 g/mol. The summed E-state index contributed by atoms with van der Waals surface area (Å²) in [5.41, 5.74) is 3.79. The van der Waals surface area contributed by atoms with E-state index in [1.54, 1.807) is 18.4 Å². The molecule has 5 aromatic rings. The number of aryl methyl sites for hydroxylation is 1. The molecule has 0 fully saturated rings. The van der Waals surface area contributed by atoms with E-state index >= 15 is 0 Å². The van der Waals surface area contributed by atoms with Crippen LogP contribution in [0.5, 0.6) is 5.75 Å². The number of rotatable bonds is 4. The number of aromatic nitrogens is 5. The van der Waals surface area contributed by atoms with E-state index in [4.69, 9.17) is 9.72 Å². The minimum atomic E-state index is 0.618. The van der Waals surface area contributed by atoms with Gasteiger partial charge in [-0.25, -0.2) is 10.1 Å². The van der Waals surface area contributed by atoms with Crippen LogP contribution in [0.15, 0.2) is 47.8 Å². The lowest BCUT2D eigenvalue weighted by Gasteiger charge is -2.12. The van der Waals surface area contributed by atoms with Gasteiger partial charge in [0.2, 0.25) is 0 Å². The van der Waals surface area contributed by atoms with Crippen LogP contribution < -0.4 is 10.1 Å². The summed E-state index contributed by atoms with van der Waals surface area (Å²) in [6.45, 7) is 2.02. The first-order chi connectivity index (χ1) is 13.7. The molecule has 3 aromatic heterocycles. The summed E-state index contributed by atoms with van der Waals surface area (Å²) in [6, 6.07) is 14.2. The van der Waals surface area contributed by atoms with Crippen molar-refractivity contribution in [3.05, 3.63) is 53.4 Å². The second kappa shape index (κ2) is 6.58. The Morgan fingerprint density at radius 2 is 2.00 bits per heavy atom. The number of anilines is 2. The summed E-state index contributed by atoms with van der Waals surface area (Å²) in [6.07, 6.45) is 0. The quantitative estimate of drug-likeness (QED) is 0.464. The lowest BCUT2D eigenvalue weighted by molar-refractivity contribution is 0.412. The number of pyridine rings is 1. The number of thiophene rings is 1. The van der Waals surface area contributed by atoms with Crippen molar-refractivity contribution in [2.24, 2.45) is 0 Å². The molecule has 5 rings (SSSR count). The molecule has 28 heavy (non-hydrogen) atoms. The first-order valence-electron chi connectivity index (χ1n) is 8.69. The molecule has 7 nitrogen and oxygen atoms in total. The van der Waals surface area contributed by atoms with Crippen LogP contribution in [0.3, 0.4) is 0 Å². The second-order valence-corrected chi connectivity index (χ2v) is 7.33. The number of H-pyrrole nitrogens is 1. The van der Waals surface area contributed by atoms with Crippen LogP contribution in [-0.4, -0.2) is 32.7 Å². The second-order valence-electron chi connectivity index (χ2n) is 6.41. The number of aromatic amines is 1. The third-order valence-corrected chi connectivity index (χ3v) is 5.63. The third-order valence-electron chi connectivity index (χ3n) is 4.68. The minimum Gasteiger partial charge on any atom is -0.496 e. The third kappa shape index (κ3) is 2.74. The minimum absolute atomic E-state index is 0.618. The summed E-state index contributed by atoms with van der Waals surface area (Å²) in [5.74, 6) is 2.27. The molecule has 2 N–H and O–H groups in total. The molecule has 0 unspecified atom stereocenters. The Labute approximate surface area is 164 Å². The number of fused-ring (bicyclic) bond motifs is 3. The fourth-order valence-corrected chi connectivity index (χ4v) is 4.19. The van der Waals surface area contributed by atoms with E-state index in [9.17, 15) is 0 Å². The normalized spacial score (nSPS) is 11.2. The first kappa shape index (κ1) is 16.6. The van der Waals surface area contributed by atoms with Gasteiger partial charge >= 0.3 is 0 Å². The number of methoxy groups -OCH3 is 1. The van der Waals surface area contributed by atoms with E-state index in [0.29, 0.717) is 5.82 Å². The number of nitrogens with zero attached hydrogens (tertiary/aromatic N) is 4. The number of hydrogen-bond donors (Lipinski definition) is 2. The van der Waals surface area contributed by atoms with Crippen LogP contribution in [-0.2, 0) is 0 Å². The Morgan fingerprint density at radius 3 is 2.82 bits per heavy atom. The number of nitrogens with one attached hydrogen (secondary N) is 2. The topological polar surface area (TPSA) is 88.6 Å². The van der Waals surface area contributed by atoms with E-state index in [1.165, 1.54) is 4.70 Å². The highest BCUT2D eigenvalue weighted by Gasteiger charge is 2.12. The largest absolute Gasteiger partial charge is 0.496 e. The highest BCUT2D eigenvalue weighted by atomic mass is 32.1. The highest BCUT2D eigenvalue weighted by Crippen LogP contribution is 2.36. The summed E-state index contributed by atoms with van der Waals surface area (Å²) in [7, 11) is 1.68. The zero-order valence-corrected chi connectivity index (χ0v) is 16.0. The summed E-state index contributed by atoms with van der Waals surface area (Å²) in [5, 5.41) is 21.8. The van der Waals surface area contributed by atoms with E-state index in [2.05, 4.69) is 43.5 Å². The van der Waals surface area contributed by atoms with Crippen LogP contribution in [0.2, 0.25) is 0 Å². The predicted molar refractivity (Wildman–Crippen MR) is 111 cm³/mol. The van der Waals surface area contributed by atoms with Gasteiger partial charge in [-0.05, 0) is 46.5 Å². The standard InChI is InChI=1S/C20H16N6OS/c1-11-3-5-13(10-17(11)27-2)21-20-15-7-8-28-18(15)14-6-4-12(9-16(14)22-20)19-23-25-26-24-19/h3-10H,1-2H3,(H,21,22)(H,23,24,25,26). The van der Waals surface area contributed by atoms with Crippen molar-refractivity contribution < 1.29 is 4.74 Å². The summed E-state index contributed by atoms with van der Waals surface area (Å²) < 4.78 is 6.63. The molecule has 0 atom stereocenters. The lowest BCUT2D eigenvalue weighted by Crippen LogP contribution is -1.97. The van der Waals surface area contributed by atoms with Gasteiger partial charge in [0.25, 0.3) is 0 Å². The average Bonchev–Trinajstić information content (AvgIpc) is 3.41.